The fourth-order valence-electron chi connectivity index (χ4n) is 2.16. The first kappa shape index (κ1) is 15.7. The highest BCUT2D eigenvalue weighted by atomic mass is 16.1. The van der Waals surface area contributed by atoms with Crippen molar-refractivity contribution in [3.8, 4) is 0 Å². The van der Waals surface area contributed by atoms with E-state index in [0.717, 1.165) is 12.0 Å². The molecule has 0 fully saturated rings. The van der Waals surface area contributed by atoms with E-state index in [4.69, 9.17) is 0 Å². The van der Waals surface area contributed by atoms with Crippen molar-refractivity contribution in [3.63, 3.8) is 0 Å². The fourth-order valence-corrected chi connectivity index (χ4v) is 2.16. The van der Waals surface area contributed by atoms with Crippen LogP contribution in [0.2, 0.25) is 0 Å². The number of nitrogens with zero attached hydrogens (tertiary/aromatic N) is 1. The molecule has 0 spiro atoms. The van der Waals surface area contributed by atoms with Crippen molar-refractivity contribution < 1.29 is 4.79 Å². The maximum atomic E-state index is 12.0. The Labute approximate surface area is 131 Å². The van der Waals surface area contributed by atoms with Gasteiger partial charge < -0.3 is 5.32 Å². The van der Waals surface area contributed by atoms with Gasteiger partial charge in [-0.1, -0.05) is 60.7 Å². The molecule has 0 heterocycles. The quantitative estimate of drug-likeness (QED) is 0.645. The molecule has 1 atom stereocenters. The van der Waals surface area contributed by atoms with Crippen LogP contribution in [-0.2, 0) is 11.2 Å². The number of hydrogen-bond acceptors (Lipinski definition) is 2. The zero-order valence-corrected chi connectivity index (χ0v) is 12.6. The van der Waals surface area contributed by atoms with Crippen LogP contribution < -0.4 is 5.32 Å². The van der Waals surface area contributed by atoms with Crippen LogP contribution in [0.5, 0.6) is 0 Å². The minimum atomic E-state index is -0.121. The second-order valence-corrected chi connectivity index (χ2v) is 4.96. The monoisotopic (exact) mass is 292 g/mol. The topological polar surface area (TPSA) is 41.5 Å². The van der Waals surface area contributed by atoms with Crippen LogP contribution in [0.3, 0.4) is 0 Å². The Morgan fingerprint density at radius 1 is 1.09 bits per heavy atom. The predicted molar refractivity (Wildman–Crippen MR) is 92.0 cm³/mol. The van der Waals surface area contributed by atoms with Crippen LogP contribution >= 0.6 is 0 Å². The first-order valence-corrected chi connectivity index (χ1v) is 7.28. The van der Waals surface area contributed by atoms with Crippen LogP contribution in [0.25, 0.3) is 6.08 Å². The molecule has 0 aliphatic heterocycles. The first-order chi connectivity index (χ1) is 10.8. The summed E-state index contributed by atoms with van der Waals surface area (Å²) in [5.41, 5.74) is 2.17. The molecule has 0 bridgehead atoms. The van der Waals surface area contributed by atoms with Crippen LogP contribution in [0.15, 0.2) is 71.7 Å². The van der Waals surface area contributed by atoms with Gasteiger partial charge in [0.2, 0.25) is 5.91 Å². The Hall–Kier alpha value is -2.68. The summed E-state index contributed by atoms with van der Waals surface area (Å²) in [7, 11) is 1.71. The first-order valence-electron chi connectivity index (χ1n) is 7.28. The second-order valence-electron chi connectivity index (χ2n) is 4.96. The van der Waals surface area contributed by atoms with Gasteiger partial charge in [0.05, 0.1) is 6.04 Å². The molecule has 0 aliphatic rings. The van der Waals surface area contributed by atoms with Crippen molar-refractivity contribution in [1.82, 2.24) is 5.32 Å². The fraction of sp³-hybridized carbons (Fsp3) is 0.158. The maximum absolute atomic E-state index is 12.0. The highest BCUT2D eigenvalue weighted by Gasteiger charge is 2.08. The molecule has 0 aliphatic carbocycles. The summed E-state index contributed by atoms with van der Waals surface area (Å²) < 4.78 is 0. The van der Waals surface area contributed by atoms with Gasteiger partial charge in [0.1, 0.15) is 0 Å². The zero-order chi connectivity index (χ0) is 15.6. The van der Waals surface area contributed by atoms with Gasteiger partial charge in [-0.25, -0.2) is 0 Å². The molecule has 22 heavy (non-hydrogen) atoms. The van der Waals surface area contributed by atoms with E-state index in [2.05, 4.69) is 10.3 Å². The van der Waals surface area contributed by atoms with Crippen LogP contribution in [0, 0.1) is 0 Å². The third-order valence-corrected chi connectivity index (χ3v) is 3.18. The molecule has 1 unspecified atom stereocenters. The lowest BCUT2D eigenvalue weighted by atomic mass is 10.1. The van der Waals surface area contributed by atoms with Crippen molar-refractivity contribution in [2.75, 3.05) is 7.05 Å². The molecule has 0 saturated carbocycles. The second kappa shape index (κ2) is 8.57. The van der Waals surface area contributed by atoms with E-state index in [9.17, 15) is 4.79 Å². The molecule has 1 amide bonds. The van der Waals surface area contributed by atoms with E-state index in [1.54, 1.807) is 25.4 Å². The standard InChI is InChI=1S/C19H20N2O/c1-20-15-18(14-17-10-6-3-7-11-17)21-19(22)13-12-16-8-4-2-5-9-16/h2-13,15,18H,14H2,1H3,(H,21,22)/b13-12+,20-15?. The third-order valence-electron chi connectivity index (χ3n) is 3.18. The Kier molecular flexibility index (Phi) is 6.12. The Balaban J connectivity index is 1.95. The average molecular weight is 292 g/mol. The predicted octanol–water partition coefficient (Wildman–Crippen LogP) is 3.13. The molecule has 3 heteroatoms. The van der Waals surface area contributed by atoms with Crippen molar-refractivity contribution in [2.45, 2.75) is 12.5 Å². The molecule has 0 saturated heterocycles. The molecule has 3 nitrogen and oxygen atoms in total. The molecule has 2 rings (SSSR count). The largest absolute Gasteiger partial charge is 0.344 e. The number of nitrogens with one attached hydrogen (secondary N) is 1. The Bertz CT molecular complexity index is 633. The van der Waals surface area contributed by atoms with E-state index in [1.807, 2.05) is 60.7 Å². The number of aliphatic imine (C=N–C) groups is 1. The Morgan fingerprint density at radius 2 is 1.73 bits per heavy atom. The normalized spacial score (nSPS) is 12.6. The van der Waals surface area contributed by atoms with Crippen LogP contribution in [0.1, 0.15) is 11.1 Å². The number of amides is 1. The molecular formula is C19H20N2O. The van der Waals surface area contributed by atoms with Crippen molar-refractivity contribution >= 4 is 18.2 Å². The van der Waals surface area contributed by atoms with Gasteiger partial charge in [-0.15, -0.1) is 0 Å². The van der Waals surface area contributed by atoms with Crippen molar-refractivity contribution in [2.24, 2.45) is 4.99 Å². The van der Waals surface area contributed by atoms with E-state index in [0.29, 0.717) is 0 Å². The van der Waals surface area contributed by atoms with E-state index in [1.165, 1.54) is 5.56 Å². The van der Waals surface area contributed by atoms with Gasteiger partial charge in [0, 0.05) is 19.3 Å². The van der Waals surface area contributed by atoms with Crippen LogP contribution in [0.4, 0.5) is 0 Å². The van der Waals surface area contributed by atoms with Gasteiger partial charge in [0.15, 0.2) is 0 Å². The summed E-state index contributed by atoms with van der Waals surface area (Å²) in [6, 6.07) is 19.7. The van der Waals surface area contributed by atoms with Gasteiger partial charge in [-0.05, 0) is 23.6 Å². The molecule has 1 N–H and O–H groups in total. The zero-order valence-electron chi connectivity index (χ0n) is 12.6. The molecule has 112 valence electrons. The van der Waals surface area contributed by atoms with Crippen molar-refractivity contribution in [3.05, 3.63) is 77.9 Å². The van der Waals surface area contributed by atoms with Crippen molar-refractivity contribution in [1.29, 1.82) is 0 Å². The maximum Gasteiger partial charge on any atom is 0.244 e. The van der Waals surface area contributed by atoms with Gasteiger partial charge in [0.25, 0.3) is 0 Å². The molecule has 2 aromatic rings. The van der Waals surface area contributed by atoms with E-state index >= 15 is 0 Å². The number of carbonyl (C=O) groups excluding carboxylic acids is 1. The van der Waals surface area contributed by atoms with E-state index < -0.39 is 0 Å². The minimum absolute atomic E-state index is 0.111. The Morgan fingerprint density at radius 3 is 2.36 bits per heavy atom. The summed E-state index contributed by atoms with van der Waals surface area (Å²) in [4.78, 5) is 16.1. The summed E-state index contributed by atoms with van der Waals surface area (Å²) >= 11 is 0. The van der Waals surface area contributed by atoms with Gasteiger partial charge >= 0.3 is 0 Å². The summed E-state index contributed by atoms with van der Waals surface area (Å²) in [5, 5.41) is 2.96. The van der Waals surface area contributed by atoms with Crippen LogP contribution in [-0.4, -0.2) is 25.2 Å². The number of hydrogen-bond donors (Lipinski definition) is 1. The lowest BCUT2D eigenvalue weighted by Gasteiger charge is -2.13. The SMILES string of the molecule is CN=CC(Cc1ccccc1)NC(=O)/C=C/c1ccccc1. The lowest BCUT2D eigenvalue weighted by molar-refractivity contribution is -0.116. The smallest absolute Gasteiger partial charge is 0.244 e. The molecule has 2 aromatic carbocycles. The summed E-state index contributed by atoms with van der Waals surface area (Å²) in [5.74, 6) is -0.121. The average Bonchev–Trinajstić information content (AvgIpc) is 2.55. The number of carbonyl (C=O) groups is 1. The van der Waals surface area contributed by atoms with Gasteiger partial charge in [-0.2, -0.15) is 0 Å². The molecule has 0 radical (unpaired) electrons. The summed E-state index contributed by atoms with van der Waals surface area (Å²) in [6.07, 6.45) is 5.85. The minimum Gasteiger partial charge on any atom is -0.344 e. The molecule has 0 aromatic heterocycles. The third kappa shape index (κ3) is 5.37. The number of rotatable bonds is 6. The lowest BCUT2D eigenvalue weighted by Crippen LogP contribution is -2.36. The highest BCUT2D eigenvalue weighted by molar-refractivity contribution is 5.93. The van der Waals surface area contributed by atoms with Gasteiger partial charge in [-0.3, -0.25) is 9.79 Å². The molecular weight excluding hydrogens is 272 g/mol. The summed E-state index contributed by atoms with van der Waals surface area (Å²) in [6.45, 7) is 0. The number of benzene rings is 2. The highest BCUT2D eigenvalue weighted by Crippen LogP contribution is 2.03. The van der Waals surface area contributed by atoms with E-state index in [-0.39, 0.29) is 11.9 Å².